The van der Waals surface area contributed by atoms with E-state index >= 15 is 0 Å². The number of hydrogen-bond acceptors (Lipinski definition) is 9. The molecule has 2 fully saturated rings. The molecule has 1 amide bonds. The standard InChI is InChI=1S/C17H24N6O5S/c24-16(12-23-19-17(18-20-23)22-7-10-27-11-8-22)21-5-3-15(4-6-21)29(25,26)13-14-2-1-9-28-14/h1-2,9,15H,3-8,10-13H2. The van der Waals surface area contributed by atoms with Gasteiger partial charge in [-0.05, 0) is 30.2 Å². The zero-order valence-electron chi connectivity index (χ0n) is 16.0. The van der Waals surface area contributed by atoms with Crippen LogP contribution in [0.1, 0.15) is 18.6 Å². The summed E-state index contributed by atoms with van der Waals surface area (Å²) in [5, 5.41) is 11.8. The Morgan fingerprint density at radius 3 is 2.62 bits per heavy atom. The Bertz CT molecular complexity index is 914. The van der Waals surface area contributed by atoms with Gasteiger partial charge in [0.05, 0.1) is 24.7 Å². The lowest BCUT2D eigenvalue weighted by atomic mass is 10.1. The van der Waals surface area contributed by atoms with Crippen LogP contribution in [0.15, 0.2) is 22.8 Å². The van der Waals surface area contributed by atoms with Gasteiger partial charge in [0.25, 0.3) is 5.95 Å². The molecule has 0 atom stereocenters. The first-order valence-electron chi connectivity index (χ1n) is 9.63. The van der Waals surface area contributed by atoms with Crippen molar-refractivity contribution in [3.8, 4) is 0 Å². The van der Waals surface area contributed by atoms with Gasteiger partial charge in [-0.15, -0.1) is 5.10 Å². The predicted octanol–water partition coefficient (Wildman–Crippen LogP) is -0.291. The summed E-state index contributed by atoms with van der Waals surface area (Å²) in [5.74, 6) is 0.685. The van der Waals surface area contributed by atoms with E-state index in [4.69, 9.17) is 9.15 Å². The topological polar surface area (TPSA) is 124 Å². The van der Waals surface area contributed by atoms with Crippen LogP contribution in [-0.2, 0) is 31.7 Å². The molecule has 4 heterocycles. The van der Waals surface area contributed by atoms with E-state index in [0.29, 0.717) is 63.9 Å². The Labute approximate surface area is 168 Å². The predicted molar refractivity (Wildman–Crippen MR) is 102 cm³/mol. The van der Waals surface area contributed by atoms with Gasteiger partial charge in [-0.3, -0.25) is 4.79 Å². The van der Waals surface area contributed by atoms with Crippen LogP contribution >= 0.6 is 0 Å². The van der Waals surface area contributed by atoms with Crippen LogP contribution in [0.3, 0.4) is 0 Å². The van der Waals surface area contributed by atoms with Gasteiger partial charge < -0.3 is 19.0 Å². The summed E-state index contributed by atoms with van der Waals surface area (Å²) in [4.78, 5) is 17.5. The molecule has 2 aromatic rings. The molecule has 0 N–H and O–H groups in total. The van der Waals surface area contributed by atoms with Crippen LogP contribution in [0.2, 0.25) is 0 Å². The number of carbonyl (C=O) groups excluding carboxylic acids is 1. The number of tetrazole rings is 1. The van der Waals surface area contributed by atoms with Gasteiger partial charge >= 0.3 is 0 Å². The van der Waals surface area contributed by atoms with Crippen molar-refractivity contribution >= 4 is 21.7 Å². The maximum absolute atomic E-state index is 12.6. The number of piperidine rings is 1. The molecule has 4 rings (SSSR count). The number of amides is 1. The maximum Gasteiger partial charge on any atom is 0.266 e. The maximum atomic E-state index is 12.6. The summed E-state index contributed by atoms with van der Waals surface area (Å²) in [6.45, 7) is 3.40. The number of morpholine rings is 1. The summed E-state index contributed by atoms with van der Waals surface area (Å²) in [5.41, 5.74) is 0. The zero-order chi connectivity index (χ0) is 20.3. The molecule has 12 heteroatoms. The molecule has 29 heavy (non-hydrogen) atoms. The Morgan fingerprint density at radius 2 is 1.93 bits per heavy atom. The number of carbonyl (C=O) groups is 1. The second-order valence-corrected chi connectivity index (χ2v) is 9.47. The monoisotopic (exact) mass is 424 g/mol. The summed E-state index contributed by atoms with van der Waals surface area (Å²) in [6.07, 6.45) is 2.30. The van der Waals surface area contributed by atoms with E-state index in [0.717, 1.165) is 0 Å². The number of likely N-dealkylation sites (tertiary alicyclic amines) is 1. The second kappa shape index (κ2) is 8.49. The van der Waals surface area contributed by atoms with Crippen molar-refractivity contribution in [3.63, 3.8) is 0 Å². The second-order valence-electron chi connectivity index (χ2n) is 7.19. The quantitative estimate of drug-likeness (QED) is 0.615. The van der Waals surface area contributed by atoms with E-state index < -0.39 is 15.1 Å². The molecule has 0 aromatic carbocycles. The highest BCUT2D eigenvalue weighted by atomic mass is 32.2. The third kappa shape index (κ3) is 4.75. The molecule has 0 spiro atoms. The summed E-state index contributed by atoms with van der Waals surface area (Å²) in [7, 11) is -3.31. The lowest BCUT2D eigenvalue weighted by molar-refractivity contribution is -0.133. The van der Waals surface area contributed by atoms with E-state index in [9.17, 15) is 13.2 Å². The van der Waals surface area contributed by atoms with Gasteiger partial charge in [0.1, 0.15) is 18.1 Å². The molecule has 0 bridgehead atoms. The Morgan fingerprint density at radius 1 is 1.17 bits per heavy atom. The lowest BCUT2D eigenvalue weighted by Gasteiger charge is -2.31. The third-order valence-corrected chi connectivity index (χ3v) is 7.41. The van der Waals surface area contributed by atoms with Gasteiger partial charge in [0.2, 0.25) is 5.91 Å². The van der Waals surface area contributed by atoms with E-state index in [1.165, 1.54) is 11.1 Å². The Balaban J connectivity index is 1.28. The van der Waals surface area contributed by atoms with Crippen molar-refractivity contribution in [3.05, 3.63) is 24.2 Å². The number of rotatable bonds is 6. The zero-order valence-corrected chi connectivity index (χ0v) is 16.8. The highest BCUT2D eigenvalue weighted by Crippen LogP contribution is 2.22. The fourth-order valence-corrected chi connectivity index (χ4v) is 5.31. The molecule has 2 aliphatic heterocycles. The lowest BCUT2D eigenvalue weighted by Crippen LogP contribution is -2.44. The molecule has 0 saturated carbocycles. The number of ether oxygens (including phenoxy) is 1. The molecular formula is C17H24N6O5S. The number of hydrogen-bond donors (Lipinski definition) is 0. The number of furan rings is 1. The first-order valence-corrected chi connectivity index (χ1v) is 11.3. The van der Waals surface area contributed by atoms with Crippen molar-refractivity contribution in [1.82, 2.24) is 25.1 Å². The highest BCUT2D eigenvalue weighted by Gasteiger charge is 2.32. The minimum atomic E-state index is -3.31. The largest absolute Gasteiger partial charge is 0.468 e. The van der Waals surface area contributed by atoms with Crippen LogP contribution in [0.5, 0.6) is 0 Å². The molecule has 0 unspecified atom stereocenters. The molecule has 2 aromatic heterocycles. The number of nitrogens with zero attached hydrogens (tertiary/aromatic N) is 6. The Hall–Kier alpha value is -2.47. The van der Waals surface area contributed by atoms with Crippen molar-refractivity contribution in [1.29, 1.82) is 0 Å². The van der Waals surface area contributed by atoms with E-state index in [2.05, 4.69) is 15.4 Å². The van der Waals surface area contributed by atoms with Crippen LogP contribution < -0.4 is 4.90 Å². The van der Waals surface area contributed by atoms with Gasteiger partial charge in [0.15, 0.2) is 9.84 Å². The Kier molecular flexibility index (Phi) is 5.81. The van der Waals surface area contributed by atoms with E-state index in [-0.39, 0.29) is 18.2 Å². The minimum Gasteiger partial charge on any atom is -0.468 e. The average Bonchev–Trinajstić information content (AvgIpc) is 3.40. The summed E-state index contributed by atoms with van der Waals surface area (Å²) < 4.78 is 35.6. The van der Waals surface area contributed by atoms with E-state index in [1.807, 2.05) is 4.90 Å². The van der Waals surface area contributed by atoms with E-state index in [1.54, 1.807) is 17.0 Å². The first-order chi connectivity index (χ1) is 14.0. The molecule has 0 radical (unpaired) electrons. The van der Waals surface area contributed by atoms with Crippen molar-refractivity contribution in [2.45, 2.75) is 30.4 Å². The SMILES string of the molecule is O=C(Cn1nnc(N2CCOCC2)n1)N1CCC(S(=O)(=O)Cc2ccco2)CC1. The smallest absolute Gasteiger partial charge is 0.266 e. The fourth-order valence-electron chi connectivity index (χ4n) is 3.59. The van der Waals surface area contributed by atoms with Crippen molar-refractivity contribution in [2.75, 3.05) is 44.3 Å². The van der Waals surface area contributed by atoms with Gasteiger partial charge in [-0.2, -0.15) is 4.80 Å². The number of anilines is 1. The third-order valence-electron chi connectivity index (χ3n) is 5.24. The molecule has 2 aliphatic rings. The van der Waals surface area contributed by atoms with Crippen LogP contribution in [0.4, 0.5) is 5.95 Å². The number of sulfone groups is 1. The highest BCUT2D eigenvalue weighted by molar-refractivity contribution is 7.91. The molecular weight excluding hydrogens is 400 g/mol. The molecule has 158 valence electrons. The average molecular weight is 424 g/mol. The minimum absolute atomic E-state index is 0.0127. The number of aromatic nitrogens is 4. The summed E-state index contributed by atoms with van der Waals surface area (Å²) in [6, 6.07) is 3.33. The fraction of sp³-hybridized carbons (Fsp3) is 0.647. The van der Waals surface area contributed by atoms with Crippen molar-refractivity contribution in [2.24, 2.45) is 0 Å². The van der Waals surface area contributed by atoms with Gasteiger partial charge in [0, 0.05) is 26.2 Å². The van der Waals surface area contributed by atoms with Gasteiger partial charge in [-0.25, -0.2) is 8.42 Å². The molecule has 2 saturated heterocycles. The molecule has 0 aliphatic carbocycles. The van der Waals surface area contributed by atoms with Crippen LogP contribution in [0, 0.1) is 0 Å². The summed E-state index contributed by atoms with van der Waals surface area (Å²) >= 11 is 0. The van der Waals surface area contributed by atoms with Crippen LogP contribution in [-0.4, -0.2) is 84.1 Å². The van der Waals surface area contributed by atoms with Gasteiger partial charge in [-0.1, -0.05) is 5.10 Å². The van der Waals surface area contributed by atoms with Crippen molar-refractivity contribution < 1.29 is 22.4 Å². The normalized spacial score (nSPS) is 18.9. The first kappa shape index (κ1) is 19.8. The molecule has 11 nitrogen and oxygen atoms in total. The van der Waals surface area contributed by atoms with Crippen LogP contribution in [0.25, 0.3) is 0 Å².